The Kier molecular flexibility index (Phi) is 8.82. The van der Waals surface area contributed by atoms with Crippen molar-refractivity contribution in [2.24, 2.45) is 5.92 Å². The van der Waals surface area contributed by atoms with Gasteiger partial charge in [-0.15, -0.1) is 12.4 Å². The van der Waals surface area contributed by atoms with E-state index in [1.165, 1.54) is 12.5 Å². The third kappa shape index (κ3) is 6.26. The topological polar surface area (TPSA) is 87.5 Å². The van der Waals surface area contributed by atoms with Crippen LogP contribution in [0.1, 0.15) is 24.8 Å². The summed E-state index contributed by atoms with van der Waals surface area (Å²) in [6.45, 7) is 4.87. The van der Waals surface area contributed by atoms with Gasteiger partial charge in [-0.25, -0.2) is 0 Å². The molecule has 1 aromatic carbocycles. The van der Waals surface area contributed by atoms with Gasteiger partial charge in [0.25, 0.3) is 5.69 Å². The zero-order valence-electron chi connectivity index (χ0n) is 14.8. The van der Waals surface area contributed by atoms with E-state index in [4.69, 9.17) is 0 Å². The highest BCUT2D eigenvalue weighted by molar-refractivity contribution is 5.95. The Morgan fingerprint density at radius 3 is 2.64 bits per heavy atom. The number of aryl methyl sites for hydroxylation is 1. The number of nitro groups is 1. The molecule has 2 N–H and O–H groups in total. The first-order chi connectivity index (χ1) is 11.5. The summed E-state index contributed by atoms with van der Waals surface area (Å²) in [6.07, 6.45) is 3.37. The molecule has 0 spiro atoms. The molecule has 0 bridgehead atoms. The van der Waals surface area contributed by atoms with Gasteiger partial charge in [-0.1, -0.05) is 12.1 Å². The first-order valence-corrected chi connectivity index (χ1v) is 8.42. The molecule has 1 aromatic rings. The maximum absolute atomic E-state index is 12.3. The van der Waals surface area contributed by atoms with Gasteiger partial charge in [0, 0.05) is 6.07 Å². The number of nitro benzene ring substituents is 1. The van der Waals surface area contributed by atoms with E-state index in [9.17, 15) is 14.9 Å². The molecule has 8 heteroatoms. The van der Waals surface area contributed by atoms with E-state index >= 15 is 0 Å². The quantitative estimate of drug-likeness (QED) is 0.569. The van der Waals surface area contributed by atoms with Gasteiger partial charge >= 0.3 is 0 Å². The van der Waals surface area contributed by atoms with Gasteiger partial charge < -0.3 is 10.6 Å². The normalized spacial score (nSPS) is 15.4. The standard InChI is InChI=1S/C17H26N4O3.ClH/c1-13-4-3-5-15(21(23)24)17(13)19-16(22)12-20-10-7-14(8-11-20)6-9-18-2;/h3-5,14,18H,6-12H2,1-2H3,(H,19,22);1H. The Hall–Kier alpha value is -1.70. The van der Waals surface area contributed by atoms with Gasteiger partial charge in [0.15, 0.2) is 0 Å². The molecule has 1 heterocycles. The molecule has 1 aliphatic rings. The SMILES string of the molecule is CNCCC1CCN(CC(=O)Nc2c(C)cccc2[N+](=O)[O-])CC1.Cl. The van der Waals surface area contributed by atoms with Crippen molar-refractivity contribution in [3.05, 3.63) is 33.9 Å². The zero-order valence-corrected chi connectivity index (χ0v) is 15.6. The summed E-state index contributed by atoms with van der Waals surface area (Å²) >= 11 is 0. The number of para-hydroxylation sites is 1. The molecule has 0 aliphatic carbocycles. The minimum Gasteiger partial charge on any atom is -0.320 e. The predicted octanol–water partition coefficient (Wildman–Crippen LogP) is 2.59. The Morgan fingerprint density at radius 2 is 2.04 bits per heavy atom. The fraction of sp³-hybridized carbons (Fsp3) is 0.588. The molecule has 1 amide bonds. The second-order valence-corrected chi connectivity index (χ2v) is 6.39. The lowest BCUT2D eigenvalue weighted by Crippen LogP contribution is -2.39. The first-order valence-electron chi connectivity index (χ1n) is 8.42. The Labute approximate surface area is 154 Å². The number of carbonyl (C=O) groups excluding carboxylic acids is 1. The number of likely N-dealkylation sites (tertiary alicyclic amines) is 1. The zero-order chi connectivity index (χ0) is 17.5. The minimum absolute atomic E-state index is 0. The third-order valence-electron chi connectivity index (χ3n) is 4.59. The van der Waals surface area contributed by atoms with Crippen molar-refractivity contribution in [2.75, 3.05) is 38.5 Å². The highest BCUT2D eigenvalue weighted by Gasteiger charge is 2.22. The average molecular weight is 371 g/mol. The number of piperidine rings is 1. The number of anilines is 1. The molecule has 0 radical (unpaired) electrons. The summed E-state index contributed by atoms with van der Waals surface area (Å²) in [4.78, 5) is 25.0. The summed E-state index contributed by atoms with van der Waals surface area (Å²) in [5, 5.41) is 17.0. The third-order valence-corrected chi connectivity index (χ3v) is 4.59. The van der Waals surface area contributed by atoms with E-state index in [2.05, 4.69) is 15.5 Å². The van der Waals surface area contributed by atoms with Crippen LogP contribution in [0.15, 0.2) is 18.2 Å². The Balaban J connectivity index is 0.00000312. The first kappa shape index (κ1) is 21.3. The summed E-state index contributed by atoms with van der Waals surface area (Å²) in [6, 6.07) is 4.80. The number of benzene rings is 1. The molecule has 1 aliphatic heterocycles. The number of hydrogen-bond acceptors (Lipinski definition) is 5. The highest BCUT2D eigenvalue weighted by Crippen LogP contribution is 2.27. The smallest absolute Gasteiger partial charge is 0.293 e. The van der Waals surface area contributed by atoms with Crippen LogP contribution in [0.3, 0.4) is 0 Å². The van der Waals surface area contributed by atoms with Crippen LogP contribution < -0.4 is 10.6 Å². The summed E-state index contributed by atoms with van der Waals surface area (Å²) in [7, 11) is 1.96. The van der Waals surface area contributed by atoms with Crippen LogP contribution in [-0.2, 0) is 4.79 Å². The van der Waals surface area contributed by atoms with Crippen molar-refractivity contribution in [3.63, 3.8) is 0 Å². The maximum atomic E-state index is 12.3. The predicted molar refractivity (Wildman–Crippen MR) is 101 cm³/mol. The van der Waals surface area contributed by atoms with E-state index < -0.39 is 4.92 Å². The Morgan fingerprint density at radius 1 is 1.36 bits per heavy atom. The van der Waals surface area contributed by atoms with Crippen LogP contribution in [0, 0.1) is 23.0 Å². The second-order valence-electron chi connectivity index (χ2n) is 6.39. The molecular formula is C17H27ClN4O3. The molecule has 0 aromatic heterocycles. The largest absolute Gasteiger partial charge is 0.320 e. The number of hydrogen-bond donors (Lipinski definition) is 2. The van der Waals surface area contributed by atoms with Crippen molar-refractivity contribution in [3.8, 4) is 0 Å². The number of nitrogens with zero attached hydrogens (tertiary/aromatic N) is 2. The minimum atomic E-state index is -0.462. The van der Waals surface area contributed by atoms with Gasteiger partial charge in [-0.2, -0.15) is 0 Å². The van der Waals surface area contributed by atoms with Crippen molar-refractivity contribution >= 4 is 29.7 Å². The number of halogens is 1. The van der Waals surface area contributed by atoms with E-state index in [0.29, 0.717) is 17.2 Å². The fourth-order valence-corrected chi connectivity index (χ4v) is 3.13. The van der Waals surface area contributed by atoms with E-state index in [1.807, 2.05) is 7.05 Å². The van der Waals surface area contributed by atoms with Crippen LogP contribution in [0.2, 0.25) is 0 Å². The molecule has 1 fully saturated rings. The van der Waals surface area contributed by atoms with Crippen LogP contribution in [0.25, 0.3) is 0 Å². The molecule has 25 heavy (non-hydrogen) atoms. The molecule has 140 valence electrons. The number of amides is 1. The van der Waals surface area contributed by atoms with Crippen LogP contribution in [0.5, 0.6) is 0 Å². The van der Waals surface area contributed by atoms with E-state index in [-0.39, 0.29) is 30.5 Å². The lowest BCUT2D eigenvalue weighted by atomic mass is 9.93. The van der Waals surface area contributed by atoms with Gasteiger partial charge in [0.05, 0.1) is 11.5 Å². The lowest BCUT2D eigenvalue weighted by molar-refractivity contribution is -0.384. The van der Waals surface area contributed by atoms with E-state index in [0.717, 1.165) is 32.5 Å². The van der Waals surface area contributed by atoms with Gasteiger partial charge in [0.1, 0.15) is 5.69 Å². The summed E-state index contributed by atoms with van der Waals surface area (Å²) in [5.74, 6) is 0.523. The van der Waals surface area contributed by atoms with Crippen molar-refractivity contribution in [1.29, 1.82) is 0 Å². The van der Waals surface area contributed by atoms with Crippen molar-refractivity contribution < 1.29 is 9.72 Å². The molecule has 0 atom stereocenters. The molecule has 0 saturated carbocycles. The van der Waals surface area contributed by atoms with Crippen molar-refractivity contribution in [1.82, 2.24) is 10.2 Å². The average Bonchev–Trinajstić information content (AvgIpc) is 2.56. The number of carbonyl (C=O) groups is 1. The summed E-state index contributed by atoms with van der Waals surface area (Å²) in [5.41, 5.74) is 0.939. The molecule has 0 unspecified atom stereocenters. The monoisotopic (exact) mass is 370 g/mol. The molecular weight excluding hydrogens is 344 g/mol. The molecule has 1 saturated heterocycles. The fourth-order valence-electron chi connectivity index (χ4n) is 3.13. The van der Waals surface area contributed by atoms with Crippen molar-refractivity contribution in [2.45, 2.75) is 26.2 Å². The molecule has 2 rings (SSSR count). The molecule has 7 nitrogen and oxygen atoms in total. The second kappa shape index (κ2) is 10.3. The maximum Gasteiger partial charge on any atom is 0.293 e. The number of rotatable bonds is 7. The summed E-state index contributed by atoms with van der Waals surface area (Å²) < 4.78 is 0. The van der Waals surface area contributed by atoms with Crippen LogP contribution >= 0.6 is 12.4 Å². The van der Waals surface area contributed by atoms with Crippen LogP contribution in [-0.4, -0.2) is 49.0 Å². The van der Waals surface area contributed by atoms with Gasteiger partial charge in [-0.05, 0) is 64.3 Å². The Bertz CT molecular complexity index is 589. The lowest BCUT2D eigenvalue weighted by Gasteiger charge is -2.31. The van der Waals surface area contributed by atoms with E-state index in [1.54, 1.807) is 19.1 Å². The van der Waals surface area contributed by atoms with Crippen LogP contribution in [0.4, 0.5) is 11.4 Å². The highest BCUT2D eigenvalue weighted by atomic mass is 35.5. The van der Waals surface area contributed by atoms with Gasteiger partial charge in [0.2, 0.25) is 5.91 Å². The van der Waals surface area contributed by atoms with Gasteiger partial charge in [-0.3, -0.25) is 19.8 Å². The number of nitrogens with one attached hydrogen (secondary N) is 2.